The van der Waals surface area contributed by atoms with Crippen LogP contribution in [0.2, 0.25) is 0 Å². The summed E-state index contributed by atoms with van der Waals surface area (Å²) in [6.45, 7) is 4.60. The van der Waals surface area contributed by atoms with Crippen molar-refractivity contribution >= 4 is 5.91 Å². The Morgan fingerprint density at radius 3 is 2.76 bits per heavy atom. The number of carbonyl (C=O) groups is 1. The SMILES string of the molecule is O=C(c1ccccc1OCC1CCCN(Cc2cccnc2F)C1)N1CCCC1. The number of nitrogens with zero attached hydrogens (tertiary/aromatic N) is 3. The van der Waals surface area contributed by atoms with Crippen molar-refractivity contribution in [1.82, 2.24) is 14.8 Å². The van der Waals surface area contributed by atoms with E-state index in [0.717, 1.165) is 51.9 Å². The quantitative estimate of drug-likeness (QED) is 0.697. The van der Waals surface area contributed by atoms with Gasteiger partial charge in [-0.05, 0) is 50.4 Å². The highest BCUT2D eigenvalue weighted by atomic mass is 19.1. The van der Waals surface area contributed by atoms with Gasteiger partial charge in [0.1, 0.15) is 5.75 Å². The molecule has 1 amide bonds. The Bertz CT molecular complexity index is 838. The number of ether oxygens (including phenoxy) is 1. The number of aromatic nitrogens is 1. The van der Waals surface area contributed by atoms with E-state index in [9.17, 15) is 9.18 Å². The minimum absolute atomic E-state index is 0.0652. The van der Waals surface area contributed by atoms with Crippen LogP contribution in [-0.2, 0) is 6.54 Å². The van der Waals surface area contributed by atoms with Crippen LogP contribution < -0.4 is 4.74 Å². The van der Waals surface area contributed by atoms with Gasteiger partial charge in [0.15, 0.2) is 0 Å². The summed E-state index contributed by atoms with van der Waals surface area (Å²) in [5, 5.41) is 0. The van der Waals surface area contributed by atoms with Crippen LogP contribution in [0.25, 0.3) is 0 Å². The molecule has 4 rings (SSSR count). The topological polar surface area (TPSA) is 45.7 Å². The molecule has 0 spiro atoms. The standard InChI is InChI=1S/C23H28FN3O2/c24-22-19(8-5-11-25-22)16-26-12-6-7-18(15-26)17-29-21-10-2-1-9-20(21)23(28)27-13-3-4-14-27/h1-2,5,8-11,18H,3-4,6-7,12-17H2. The number of pyridine rings is 1. The van der Waals surface area contributed by atoms with E-state index in [-0.39, 0.29) is 11.9 Å². The Labute approximate surface area is 171 Å². The predicted molar refractivity (Wildman–Crippen MR) is 109 cm³/mol. The third-order valence-electron chi connectivity index (χ3n) is 5.82. The Hall–Kier alpha value is -2.47. The first-order valence-electron chi connectivity index (χ1n) is 10.5. The first-order chi connectivity index (χ1) is 14.2. The molecule has 1 aromatic heterocycles. The fourth-order valence-electron chi connectivity index (χ4n) is 4.28. The summed E-state index contributed by atoms with van der Waals surface area (Å²) in [5.74, 6) is 0.703. The zero-order valence-corrected chi connectivity index (χ0v) is 16.7. The molecule has 2 aromatic rings. The van der Waals surface area contributed by atoms with Crippen molar-refractivity contribution in [2.45, 2.75) is 32.2 Å². The van der Waals surface area contributed by atoms with Gasteiger partial charge in [-0.1, -0.05) is 18.2 Å². The summed E-state index contributed by atoms with van der Waals surface area (Å²) in [6.07, 6.45) is 5.76. The van der Waals surface area contributed by atoms with Gasteiger partial charge >= 0.3 is 0 Å². The lowest BCUT2D eigenvalue weighted by Gasteiger charge is -2.32. The van der Waals surface area contributed by atoms with E-state index in [0.29, 0.717) is 35.9 Å². The largest absolute Gasteiger partial charge is 0.492 e. The van der Waals surface area contributed by atoms with Gasteiger partial charge in [0.25, 0.3) is 5.91 Å². The maximum Gasteiger partial charge on any atom is 0.257 e. The lowest BCUT2D eigenvalue weighted by molar-refractivity contribution is 0.0784. The summed E-state index contributed by atoms with van der Waals surface area (Å²) in [4.78, 5) is 20.7. The fourth-order valence-corrected chi connectivity index (χ4v) is 4.28. The average molecular weight is 397 g/mol. The van der Waals surface area contributed by atoms with E-state index in [1.807, 2.05) is 29.2 Å². The van der Waals surface area contributed by atoms with E-state index in [1.165, 1.54) is 6.20 Å². The van der Waals surface area contributed by atoms with E-state index in [2.05, 4.69) is 9.88 Å². The van der Waals surface area contributed by atoms with Crippen molar-refractivity contribution in [2.75, 3.05) is 32.8 Å². The minimum Gasteiger partial charge on any atom is -0.492 e. The Balaban J connectivity index is 1.35. The van der Waals surface area contributed by atoms with Crippen LogP contribution in [0.1, 0.15) is 41.6 Å². The molecule has 2 saturated heterocycles. The van der Waals surface area contributed by atoms with Crippen molar-refractivity contribution < 1.29 is 13.9 Å². The number of para-hydroxylation sites is 1. The number of hydrogen-bond donors (Lipinski definition) is 0. The third kappa shape index (κ3) is 4.93. The second kappa shape index (κ2) is 9.35. The third-order valence-corrected chi connectivity index (χ3v) is 5.82. The second-order valence-corrected chi connectivity index (χ2v) is 8.00. The number of hydrogen-bond acceptors (Lipinski definition) is 4. The lowest BCUT2D eigenvalue weighted by atomic mass is 9.98. The summed E-state index contributed by atoms with van der Waals surface area (Å²) in [6, 6.07) is 11.1. The molecule has 29 heavy (non-hydrogen) atoms. The normalized spacial score (nSPS) is 20.0. The van der Waals surface area contributed by atoms with Gasteiger partial charge < -0.3 is 9.64 Å². The number of amides is 1. The highest BCUT2D eigenvalue weighted by Gasteiger charge is 2.24. The number of benzene rings is 1. The smallest absolute Gasteiger partial charge is 0.257 e. The van der Waals surface area contributed by atoms with Gasteiger partial charge in [0.2, 0.25) is 5.95 Å². The molecular weight excluding hydrogens is 369 g/mol. The summed E-state index contributed by atoms with van der Waals surface area (Å²) in [7, 11) is 0. The minimum atomic E-state index is -0.389. The molecule has 0 saturated carbocycles. The molecule has 0 radical (unpaired) electrons. The van der Waals surface area contributed by atoms with E-state index in [1.54, 1.807) is 12.1 Å². The number of likely N-dealkylation sites (tertiary alicyclic amines) is 2. The number of rotatable bonds is 6. The van der Waals surface area contributed by atoms with E-state index < -0.39 is 0 Å². The second-order valence-electron chi connectivity index (χ2n) is 8.00. The van der Waals surface area contributed by atoms with Crippen LogP contribution in [0, 0.1) is 11.9 Å². The monoisotopic (exact) mass is 397 g/mol. The fraction of sp³-hybridized carbons (Fsp3) is 0.478. The van der Waals surface area contributed by atoms with Gasteiger partial charge in [0.05, 0.1) is 12.2 Å². The highest BCUT2D eigenvalue weighted by Crippen LogP contribution is 2.25. The predicted octanol–water partition coefficient (Wildman–Crippen LogP) is 3.75. The molecule has 5 nitrogen and oxygen atoms in total. The van der Waals surface area contributed by atoms with Crippen LogP contribution in [0.4, 0.5) is 4.39 Å². The Kier molecular flexibility index (Phi) is 6.39. The molecule has 1 atom stereocenters. The first kappa shape index (κ1) is 19.8. The Morgan fingerprint density at radius 2 is 1.93 bits per heavy atom. The van der Waals surface area contributed by atoms with Crippen molar-refractivity contribution in [3.8, 4) is 5.75 Å². The van der Waals surface area contributed by atoms with E-state index in [4.69, 9.17) is 4.74 Å². The van der Waals surface area contributed by atoms with Crippen molar-refractivity contribution in [1.29, 1.82) is 0 Å². The number of carbonyl (C=O) groups excluding carboxylic acids is 1. The van der Waals surface area contributed by atoms with Crippen LogP contribution in [0.3, 0.4) is 0 Å². The maximum atomic E-state index is 13.9. The average Bonchev–Trinajstić information content (AvgIpc) is 3.29. The molecule has 3 heterocycles. The molecule has 1 aromatic carbocycles. The molecule has 154 valence electrons. The van der Waals surface area contributed by atoms with Gasteiger partial charge in [-0.25, -0.2) is 4.98 Å². The number of piperidine rings is 1. The molecule has 2 aliphatic rings. The summed E-state index contributed by atoms with van der Waals surface area (Å²) in [5.41, 5.74) is 1.29. The molecular formula is C23H28FN3O2. The van der Waals surface area contributed by atoms with Crippen molar-refractivity contribution in [2.24, 2.45) is 5.92 Å². The molecule has 1 unspecified atom stereocenters. The Morgan fingerprint density at radius 1 is 1.10 bits per heavy atom. The zero-order valence-electron chi connectivity index (χ0n) is 16.7. The van der Waals surface area contributed by atoms with E-state index >= 15 is 0 Å². The maximum absolute atomic E-state index is 13.9. The van der Waals surface area contributed by atoms with Gasteiger partial charge in [-0.15, -0.1) is 0 Å². The van der Waals surface area contributed by atoms with Crippen LogP contribution >= 0.6 is 0 Å². The van der Waals surface area contributed by atoms with Crippen LogP contribution in [0.5, 0.6) is 5.75 Å². The molecule has 0 bridgehead atoms. The summed E-state index contributed by atoms with van der Waals surface area (Å²) >= 11 is 0. The van der Waals surface area contributed by atoms with Crippen molar-refractivity contribution in [3.63, 3.8) is 0 Å². The number of halogens is 1. The lowest BCUT2D eigenvalue weighted by Crippen LogP contribution is -2.37. The molecule has 0 N–H and O–H groups in total. The van der Waals surface area contributed by atoms with Gasteiger partial charge in [-0.2, -0.15) is 4.39 Å². The molecule has 2 fully saturated rings. The van der Waals surface area contributed by atoms with Crippen LogP contribution in [0.15, 0.2) is 42.6 Å². The highest BCUT2D eigenvalue weighted by molar-refractivity contribution is 5.97. The summed E-state index contributed by atoms with van der Waals surface area (Å²) < 4.78 is 20.0. The zero-order chi connectivity index (χ0) is 20.1. The van der Waals surface area contributed by atoms with Gasteiger partial charge in [0, 0.05) is 43.9 Å². The molecule has 0 aliphatic carbocycles. The van der Waals surface area contributed by atoms with Crippen LogP contribution in [-0.4, -0.2) is 53.5 Å². The molecule has 2 aliphatic heterocycles. The van der Waals surface area contributed by atoms with Crippen molar-refractivity contribution in [3.05, 3.63) is 59.7 Å². The first-order valence-corrected chi connectivity index (χ1v) is 10.5. The van der Waals surface area contributed by atoms with Gasteiger partial charge in [-0.3, -0.25) is 9.69 Å². The molecule has 6 heteroatoms.